The summed E-state index contributed by atoms with van der Waals surface area (Å²) in [5, 5.41) is 0. The second-order valence-electron chi connectivity index (χ2n) is 6.21. The quantitative estimate of drug-likeness (QED) is 0.844. The van der Waals surface area contributed by atoms with E-state index in [4.69, 9.17) is 5.73 Å². The summed E-state index contributed by atoms with van der Waals surface area (Å²) in [5.74, 6) is -0.577. The number of aryl methyl sites for hydroxylation is 1. The summed E-state index contributed by atoms with van der Waals surface area (Å²) in [4.78, 5) is 22.4. The Morgan fingerprint density at radius 1 is 1.33 bits per heavy atom. The molecule has 0 spiro atoms. The van der Waals surface area contributed by atoms with Gasteiger partial charge in [-0.25, -0.2) is 4.39 Å². The molecular weight excluding hydrogens is 307 g/mol. The Balaban J connectivity index is 1.65. The van der Waals surface area contributed by atoms with Crippen molar-refractivity contribution in [2.45, 2.75) is 37.8 Å². The van der Waals surface area contributed by atoms with Crippen molar-refractivity contribution >= 4 is 5.91 Å². The van der Waals surface area contributed by atoms with E-state index in [0.29, 0.717) is 18.5 Å². The van der Waals surface area contributed by atoms with Gasteiger partial charge in [0.1, 0.15) is 11.4 Å². The minimum absolute atomic E-state index is 0.248. The van der Waals surface area contributed by atoms with Crippen LogP contribution in [-0.2, 0) is 17.8 Å². The minimum atomic E-state index is -0.676. The van der Waals surface area contributed by atoms with E-state index >= 15 is 0 Å². The third-order valence-electron chi connectivity index (χ3n) is 4.82. The first-order chi connectivity index (χ1) is 11.6. The molecule has 5 nitrogen and oxygen atoms in total. The molecule has 1 aliphatic heterocycles. The molecule has 1 saturated heterocycles. The van der Waals surface area contributed by atoms with Crippen molar-refractivity contribution in [3.8, 4) is 0 Å². The lowest BCUT2D eigenvalue weighted by Crippen LogP contribution is -2.66. The van der Waals surface area contributed by atoms with Crippen molar-refractivity contribution < 1.29 is 9.18 Å². The molecule has 0 unspecified atom stereocenters. The molecule has 0 bridgehead atoms. The van der Waals surface area contributed by atoms with Gasteiger partial charge in [-0.05, 0) is 31.7 Å². The number of hydrogen-bond donors (Lipinski definition) is 1. The van der Waals surface area contributed by atoms with Crippen LogP contribution in [0.3, 0.4) is 0 Å². The monoisotopic (exact) mass is 328 g/mol. The highest BCUT2D eigenvalue weighted by molar-refractivity contribution is 5.85. The van der Waals surface area contributed by atoms with E-state index in [1.54, 1.807) is 36.8 Å². The van der Waals surface area contributed by atoms with Gasteiger partial charge in [0.05, 0.1) is 5.69 Å². The molecule has 0 saturated carbocycles. The first-order valence-corrected chi connectivity index (χ1v) is 8.15. The molecule has 1 aromatic carbocycles. The zero-order valence-corrected chi connectivity index (χ0v) is 13.5. The number of amides is 1. The van der Waals surface area contributed by atoms with E-state index in [9.17, 15) is 9.18 Å². The highest BCUT2D eigenvalue weighted by Crippen LogP contribution is 2.36. The zero-order valence-electron chi connectivity index (χ0n) is 13.5. The molecule has 24 heavy (non-hydrogen) atoms. The fourth-order valence-corrected chi connectivity index (χ4v) is 3.31. The maximum atomic E-state index is 13.9. The molecule has 0 radical (unpaired) electrons. The number of aromatic nitrogens is 2. The summed E-state index contributed by atoms with van der Waals surface area (Å²) in [6.45, 7) is 1.16. The molecule has 1 atom stereocenters. The highest BCUT2D eigenvalue weighted by atomic mass is 19.1. The van der Waals surface area contributed by atoms with Gasteiger partial charge < -0.3 is 5.73 Å². The number of halogens is 1. The molecule has 6 heteroatoms. The Morgan fingerprint density at radius 3 is 2.79 bits per heavy atom. The van der Waals surface area contributed by atoms with Crippen LogP contribution >= 0.6 is 0 Å². The first kappa shape index (κ1) is 16.5. The van der Waals surface area contributed by atoms with Crippen LogP contribution in [0.1, 0.15) is 30.5 Å². The normalized spacial score (nSPS) is 20.5. The average Bonchev–Trinajstić information content (AvgIpc) is 2.57. The fourth-order valence-electron chi connectivity index (χ4n) is 3.31. The SMILES string of the molecule is NC(=O)[C@]1(CCCc2cnccn2)CCN1Cc1ccccc1F. The molecule has 1 fully saturated rings. The number of nitrogens with two attached hydrogens (primary N) is 1. The van der Waals surface area contributed by atoms with E-state index in [2.05, 4.69) is 9.97 Å². The molecule has 3 rings (SSSR count). The van der Waals surface area contributed by atoms with Gasteiger partial charge >= 0.3 is 0 Å². The van der Waals surface area contributed by atoms with Crippen molar-refractivity contribution in [2.75, 3.05) is 6.54 Å². The summed E-state index contributed by atoms with van der Waals surface area (Å²) in [6, 6.07) is 6.66. The lowest BCUT2D eigenvalue weighted by Gasteiger charge is -2.51. The summed E-state index contributed by atoms with van der Waals surface area (Å²) in [6.07, 6.45) is 7.93. The van der Waals surface area contributed by atoms with Crippen molar-refractivity contribution in [3.63, 3.8) is 0 Å². The molecular formula is C18H21FN4O. The molecule has 1 aromatic heterocycles. The van der Waals surface area contributed by atoms with Crippen LogP contribution < -0.4 is 5.73 Å². The lowest BCUT2D eigenvalue weighted by molar-refractivity contribution is -0.141. The van der Waals surface area contributed by atoms with Crippen LogP contribution in [0.15, 0.2) is 42.9 Å². The van der Waals surface area contributed by atoms with Crippen LogP contribution in [0, 0.1) is 5.82 Å². The van der Waals surface area contributed by atoms with Crippen molar-refractivity contribution in [1.82, 2.24) is 14.9 Å². The number of carbonyl (C=O) groups is 1. The maximum Gasteiger partial charge on any atom is 0.238 e. The van der Waals surface area contributed by atoms with Crippen LogP contribution in [0.2, 0.25) is 0 Å². The fraction of sp³-hybridized carbons (Fsp3) is 0.389. The number of primary amides is 1. The first-order valence-electron chi connectivity index (χ1n) is 8.15. The maximum absolute atomic E-state index is 13.9. The predicted molar refractivity (Wildman–Crippen MR) is 88.3 cm³/mol. The molecule has 1 aliphatic rings. The zero-order chi connectivity index (χ0) is 17.0. The topological polar surface area (TPSA) is 72.1 Å². The number of likely N-dealkylation sites (tertiary alicyclic amines) is 1. The van der Waals surface area contributed by atoms with Gasteiger partial charge in [-0.3, -0.25) is 19.7 Å². The highest BCUT2D eigenvalue weighted by Gasteiger charge is 2.49. The number of rotatable bonds is 7. The van der Waals surface area contributed by atoms with E-state index in [1.165, 1.54) is 6.07 Å². The van der Waals surface area contributed by atoms with Crippen LogP contribution in [0.4, 0.5) is 4.39 Å². The van der Waals surface area contributed by atoms with E-state index < -0.39 is 5.54 Å². The van der Waals surface area contributed by atoms with Gasteiger partial charge in [0, 0.05) is 37.2 Å². The molecule has 2 heterocycles. The number of benzene rings is 1. The molecule has 1 amide bonds. The average molecular weight is 328 g/mol. The molecule has 126 valence electrons. The van der Waals surface area contributed by atoms with Gasteiger partial charge in [-0.15, -0.1) is 0 Å². The Hall–Kier alpha value is -2.34. The molecule has 0 aliphatic carbocycles. The largest absolute Gasteiger partial charge is 0.368 e. The number of hydrogen-bond acceptors (Lipinski definition) is 4. The number of nitrogens with zero attached hydrogens (tertiary/aromatic N) is 3. The standard InChI is InChI=1S/C18H21FN4O/c19-16-6-2-1-4-14(16)13-23-11-8-18(23,17(20)24)7-3-5-15-12-21-9-10-22-15/h1-2,4,6,9-10,12H,3,5,7-8,11,13H2,(H2,20,24)/t18-/m0/s1. The van der Waals surface area contributed by atoms with E-state index in [1.807, 2.05) is 4.90 Å². The second-order valence-corrected chi connectivity index (χ2v) is 6.21. The smallest absolute Gasteiger partial charge is 0.238 e. The second kappa shape index (κ2) is 7.05. The molecule has 2 aromatic rings. The van der Waals surface area contributed by atoms with Gasteiger partial charge in [-0.2, -0.15) is 0 Å². The number of carbonyl (C=O) groups excluding carboxylic acids is 1. The third kappa shape index (κ3) is 3.28. The van der Waals surface area contributed by atoms with Crippen LogP contribution in [0.25, 0.3) is 0 Å². The summed E-state index contributed by atoms with van der Waals surface area (Å²) >= 11 is 0. The summed E-state index contributed by atoms with van der Waals surface area (Å²) < 4.78 is 13.9. The van der Waals surface area contributed by atoms with Crippen LogP contribution in [0.5, 0.6) is 0 Å². The Bertz CT molecular complexity index is 709. The predicted octanol–water partition coefficient (Wildman–Crippen LogP) is 2.07. The van der Waals surface area contributed by atoms with Gasteiger partial charge in [0.25, 0.3) is 0 Å². The van der Waals surface area contributed by atoms with Gasteiger partial charge in [0.15, 0.2) is 0 Å². The summed E-state index contributed by atoms with van der Waals surface area (Å²) in [5.41, 5.74) is 6.51. The van der Waals surface area contributed by atoms with Gasteiger partial charge in [-0.1, -0.05) is 18.2 Å². The van der Waals surface area contributed by atoms with Crippen molar-refractivity contribution in [2.24, 2.45) is 5.73 Å². The van der Waals surface area contributed by atoms with E-state index in [0.717, 1.165) is 31.5 Å². The lowest BCUT2D eigenvalue weighted by atomic mass is 9.79. The molecule has 2 N–H and O–H groups in total. The van der Waals surface area contributed by atoms with Crippen LogP contribution in [-0.4, -0.2) is 32.9 Å². The van der Waals surface area contributed by atoms with E-state index in [-0.39, 0.29) is 11.7 Å². The van der Waals surface area contributed by atoms with Gasteiger partial charge in [0.2, 0.25) is 5.91 Å². The Morgan fingerprint density at radius 2 is 2.17 bits per heavy atom. The third-order valence-corrected chi connectivity index (χ3v) is 4.82. The van der Waals surface area contributed by atoms with Crippen molar-refractivity contribution in [1.29, 1.82) is 0 Å². The van der Waals surface area contributed by atoms with Crippen molar-refractivity contribution in [3.05, 3.63) is 59.9 Å². The Kier molecular flexibility index (Phi) is 4.85. The summed E-state index contributed by atoms with van der Waals surface area (Å²) in [7, 11) is 0. The minimum Gasteiger partial charge on any atom is -0.368 e. The Labute approximate surface area is 140 Å².